The number of hydrogen-bond acceptors (Lipinski definition) is 3. The Labute approximate surface area is 180 Å². The summed E-state index contributed by atoms with van der Waals surface area (Å²) in [6, 6.07) is 20.0. The molecule has 152 valence electrons. The molecular formula is C24H22ClN3O2. The van der Waals surface area contributed by atoms with Crippen LogP contribution >= 0.6 is 11.6 Å². The van der Waals surface area contributed by atoms with Gasteiger partial charge < -0.3 is 10.2 Å². The number of carbonyl (C=O) groups excluding carboxylic acids is 2. The standard InChI is InChI=1S/C24H22ClN3O2/c25-20-9-3-6-17(14-20)16-27-23(29)22-11-5-13-28(22)24(30)19-8-4-7-18(15-19)21-10-1-2-12-26-21/h1-4,6-10,12,14-15,22H,5,11,13,16H2,(H,27,29). The highest BCUT2D eigenvalue weighted by Gasteiger charge is 2.34. The molecule has 1 N–H and O–H groups in total. The van der Waals surface area contributed by atoms with Gasteiger partial charge in [0.1, 0.15) is 6.04 Å². The summed E-state index contributed by atoms with van der Waals surface area (Å²) in [5.74, 6) is -0.269. The van der Waals surface area contributed by atoms with E-state index in [2.05, 4.69) is 10.3 Å². The maximum absolute atomic E-state index is 13.2. The van der Waals surface area contributed by atoms with Crippen molar-refractivity contribution >= 4 is 23.4 Å². The summed E-state index contributed by atoms with van der Waals surface area (Å²) in [6.45, 7) is 0.953. The number of hydrogen-bond donors (Lipinski definition) is 1. The average molecular weight is 420 g/mol. The van der Waals surface area contributed by atoms with Crippen molar-refractivity contribution in [2.75, 3.05) is 6.54 Å². The van der Waals surface area contributed by atoms with E-state index in [0.29, 0.717) is 30.1 Å². The SMILES string of the molecule is O=C(NCc1cccc(Cl)c1)C1CCCN1C(=O)c1cccc(-c2ccccn2)c1. The van der Waals surface area contributed by atoms with Gasteiger partial charge in [-0.25, -0.2) is 0 Å². The van der Waals surface area contributed by atoms with Crippen molar-refractivity contribution in [3.8, 4) is 11.3 Å². The van der Waals surface area contributed by atoms with E-state index in [-0.39, 0.29) is 11.8 Å². The Morgan fingerprint density at radius 3 is 2.73 bits per heavy atom. The molecule has 3 aromatic rings. The normalized spacial score (nSPS) is 15.8. The fourth-order valence-electron chi connectivity index (χ4n) is 3.75. The monoisotopic (exact) mass is 419 g/mol. The summed E-state index contributed by atoms with van der Waals surface area (Å²) in [7, 11) is 0. The van der Waals surface area contributed by atoms with Gasteiger partial charge in [-0.15, -0.1) is 0 Å². The van der Waals surface area contributed by atoms with Crippen LogP contribution in [0.25, 0.3) is 11.3 Å². The maximum atomic E-state index is 13.2. The molecule has 0 spiro atoms. The van der Waals surface area contributed by atoms with Crippen LogP contribution in [0.4, 0.5) is 0 Å². The Morgan fingerprint density at radius 2 is 1.93 bits per heavy atom. The van der Waals surface area contributed by atoms with Crippen LogP contribution < -0.4 is 5.32 Å². The van der Waals surface area contributed by atoms with Gasteiger partial charge in [0.05, 0.1) is 5.69 Å². The second-order valence-corrected chi connectivity index (χ2v) is 7.74. The summed E-state index contributed by atoms with van der Waals surface area (Å²) in [5, 5.41) is 3.57. The first-order valence-corrected chi connectivity index (χ1v) is 10.3. The van der Waals surface area contributed by atoms with Crippen molar-refractivity contribution in [2.24, 2.45) is 0 Å². The van der Waals surface area contributed by atoms with Gasteiger partial charge >= 0.3 is 0 Å². The van der Waals surface area contributed by atoms with Crippen LogP contribution in [0.15, 0.2) is 72.9 Å². The van der Waals surface area contributed by atoms with Crippen LogP contribution in [0.3, 0.4) is 0 Å². The van der Waals surface area contributed by atoms with Gasteiger partial charge in [0.25, 0.3) is 5.91 Å². The molecule has 0 bridgehead atoms. The zero-order chi connectivity index (χ0) is 20.9. The Bertz CT molecular complexity index is 1060. The number of aromatic nitrogens is 1. The molecule has 1 aromatic heterocycles. The Balaban J connectivity index is 1.46. The molecule has 6 heteroatoms. The van der Waals surface area contributed by atoms with E-state index in [1.54, 1.807) is 23.2 Å². The maximum Gasteiger partial charge on any atom is 0.254 e. The van der Waals surface area contributed by atoms with Crippen molar-refractivity contribution < 1.29 is 9.59 Å². The van der Waals surface area contributed by atoms with Crippen LogP contribution in [0.2, 0.25) is 5.02 Å². The van der Waals surface area contributed by atoms with Crippen LogP contribution in [-0.4, -0.2) is 34.3 Å². The van der Waals surface area contributed by atoms with Gasteiger partial charge in [-0.1, -0.05) is 41.9 Å². The molecular weight excluding hydrogens is 398 g/mol. The predicted molar refractivity (Wildman–Crippen MR) is 117 cm³/mol. The third-order valence-electron chi connectivity index (χ3n) is 5.24. The quantitative estimate of drug-likeness (QED) is 0.669. The van der Waals surface area contributed by atoms with Crippen LogP contribution in [0.5, 0.6) is 0 Å². The van der Waals surface area contributed by atoms with E-state index >= 15 is 0 Å². The zero-order valence-corrected chi connectivity index (χ0v) is 17.2. The number of rotatable bonds is 5. The van der Waals surface area contributed by atoms with Crippen molar-refractivity contribution in [3.05, 3.63) is 89.1 Å². The molecule has 1 fully saturated rings. The minimum Gasteiger partial charge on any atom is -0.350 e. The van der Waals surface area contributed by atoms with E-state index in [1.807, 2.05) is 54.6 Å². The first kappa shape index (κ1) is 20.1. The number of pyridine rings is 1. The first-order chi connectivity index (χ1) is 14.6. The van der Waals surface area contributed by atoms with E-state index in [0.717, 1.165) is 23.2 Å². The van der Waals surface area contributed by atoms with E-state index < -0.39 is 6.04 Å². The second kappa shape index (κ2) is 9.09. The molecule has 0 radical (unpaired) electrons. The third-order valence-corrected chi connectivity index (χ3v) is 5.48. The molecule has 2 aromatic carbocycles. The molecule has 0 saturated carbocycles. The first-order valence-electron chi connectivity index (χ1n) is 9.96. The summed E-state index contributed by atoms with van der Waals surface area (Å²) in [5.41, 5.74) is 3.18. The number of carbonyl (C=O) groups is 2. The predicted octanol–water partition coefficient (Wildman–Crippen LogP) is 4.32. The molecule has 5 nitrogen and oxygen atoms in total. The van der Waals surface area contributed by atoms with Crippen molar-refractivity contribution in [1.29, 1.82) is 0 Å². The fourth-order valence-corrected chi connectivity index (χ4v) is 3.96. The molecule has 0 aliphatic carbocycles. The molecule has 1 unspecified atom stereocenters. The number of amides is 2. The third kappa shape index (κ3) is 4.52. The fraction of sp³-hybridized carbons (Fsp3) is 0.208. The van der Waals surface area contributed by atoms with Crippen LogP contribution in [0, 0.1) is 0 Å². The largest absolute Gasteiger partial charge is 0.350 e. The van der Waals surface area contributed by atoms with E-state index in [9.17, 15) is 9.59 Å². The van der Waals surface area contributed by atoms with Gasteiger partial charge in [0.2, 0.25) is 5.91 Å². The number of halogens is 1. The number of nitrogens with one attached hydrogen (secondary N) is 1. The summed E-state index contributed by atoms with van der Waals surface area (Å²) in [6.07, 6.45) is 3.19. The highest BCUT2D eigenvalue weighted by Crippen LogP contribution is 2.23. The summed E-state index contributed by atoms with van der Waals surface area (Å²) < 4.78 is 0. The summed E-state index contributed by atoms with van der Waals surface area (Å²) >= 11 is 6.01. The Morgan fingerprint density at radius 1 is 1.07 bits per heavy atom. The minimum absolute atomic E-state index is 0.131. The van der Waals surface area contributed by atoms with Crippen molar-refractivity contribution in [3.63, 3.8) is 0 Å². The molecule has 30 heavy (non-hydrogen) atoms. The number of benzene rings is 2. The molecule has 2 heterocycles. The number of likely N-dealkylation sites (tertiary alicyclic amines) is 1. The van der Waals surface area contributed by atoms with Gasteiger partial charge in [-0.2, -0.15) is 0 Å². The number of nitrogens with zero attached hydrogens (tertiary/aromatic N) is 2. The minimum atomic E-state index is -0.463. The molecule has 1 atom stereocenters. The molecule has 1 aliphatic heterocycles. The zero-order valence-electron chi connectivity index (χ0n) is 16.4. The average Bonchev–Trinajstić information content (AvgIpc) is 3.28. The lowest BCUT2D eigenvalue weighted by Crippen LogP contribution is -2.45. The molecule has 1 aliphatic rings. The summed E-state index contributed by atoms with van der Waals surface area (Å²) in [4.78, 5) is 32.0. The highest BCUT2D eigenvalue weighted by atomic mass is 35.5. The lowest BCUT2D eigenvalue weighted by atomic mass is 10.1. The Hall–Kier alpha value is -3.18. The van der Waals surface area contributed by atoms with Crippen molar-refractivity contribution in [2.45, 2.75) is 25.4 Å². The topological polar surface area (TPSA) is 62.3 Å². The Kier molecular flexibility index (Phi) is 6.10. The van der Waals surface area contributed by atoms with Gasteiger partial charge in [-0.05, 0) is 54.8 Å². The lowest BCUT2D eigenvalue weighted by Gasteiger charge is -2.24. The lowest BCUT2D eigenvalue weighted by molar-refractivity contribution is -0.125. The van der Waals surface area contributed by atoms with E-state index in [1.165, 1.54) is 0 Å². The smallest absolute Gasteiger partial charge is 0.254 e. The van der Waals surface area contributed by atoms with Crippen LogP contribution in [0.1, 0.15) is 28.8 Å². The molecule has 4 rings (SSSR count). The van der Waals surface area contributed by atoms with Gasteiger partial charge in [-0.3, -0.25) is 14.6 Å². The van der Waals surface area contributed by atoms with Gasteiger partial charge in [0.15, 0.2) is 0 Å². The molecule has 2 amide bonds. The van der Waals surface area contributed by atoms with Crippen LogP contribution in [-0.2, 0) is 11.3 Å². The second-order valence-electron chi connectivity index (χ2n) is 7.30. The van der Waals surface area contributed by atoms with E-state index in [4.69, 9.17) is 11.6 Å². The highest BCUT2D eigenvalue weighted by molar-refractivity contribution is 6.30. The van der Waals surface area contributed by atoms with Crippen molar-refractivity contribution in [1.82, 2.24) is 15.2 Å². The van der Waals surface area contributed by atoms with Gasteiger partial charge in [0, 0.05) is 35.4 Å². The molecule has 1 saturated heterocycles.